The Morgan fingerprint density at radius 1 is 1.35 bits per heavy atom. The van der Waals surface area contributed by atoms with Gasteiger partial charge in [0.15, 0.2) is 0 Å². The summed E-state index contributed by atoms with van der Waals surface area (Å²) in [6.07, 6.45) is 0.713. The molecule has 2 rings (SSSR count). The highest BCUT2D eigenvalue weighted by Crippen LogP contribution is 2.20. The summed E-state index contributed by atoms with van der Waals surface area (Å²) in [6, 6.07) is 12.0. The second-order valence-electron chi connectivity index (χ2n) is 3.72. The Kier molecular flexibility index (Phi) is 3.46. The van der Waals surface area contributed by atoms with Crippen molar-refractivity contribution in [3.05, 3.63) is 52.3 Å². The van der Waals surface area contributed by atoms with Gasteiger partial charge in [-0.2, -0.15) is 10.4 Å². The number of halogens is 1. The fourth-order valence-electron chi connectivity index (χ4n) is 1.71. The molecule has 4 heteroatoms. The molecule has 0 amide bonds. The van der Waals surface area contributed by atoms with Gasteiger partial charge in [0.1, 0.15) is 16.8 Å². The second-order valence-corrected chi connectivity index (χ2v) is 4.08. The highest BCUT2D eigenvalue weighted by molar-refractivity contribution is 6.30. The summed E-state index contributed by atoms with van der Waals surface area (Å²) in [5.41, 5.74) is 2.36. The standard InChI is InChI=1S/C13H12ClN3/c1-2-12-11(8-15)13(14)17(16-12)9-10-6-4-3-5-7-10/h3-7H,2,9H2,1H3. The van der Waals surface area contributed by atoms with Crippen molar-refractivity contribution in [3.63, 3.8) is 0 Å². The summed E-state index contributed by atoms with van der Waals surface area (Å²) in [5.74, 6) is 0. The third-order valence-corrected chi connectivity index (χ3v) is 2.97. The number of aromatic nitrogens is 2. The molecular weight excluding hydrogens is 234 g/mol. The fraction of sp³-hybridized carbons (Fsp3) is 0.231. The average Bonchev–Trinajstić information content (AvgIpc) is 2.67. The van der Waals surface area contributed by atoms with Gasteiger partial charge in [0.05, 0.1) is 12.2 Å². The van der Waals surface area contributed by atoms with E-state index in [4.69, 9.17) is 16.9 Å². The molecule has 3 nitrogen and oxygen atoms in total. The van der Waals surface area contributed by atoms with Gasteiger partial charge >= 0.3 is 0 Å². The van der Waals surface area contributed by atoms with Crippen molar-refractivity contribution in [2.24, 2.45) is 0 Å². The predicted octanol–water partition coefficient (Wildman–Crippen LogP) is 3.02. The van der Waals surface area contributed by atoms with Gasteiger partial charge < -0.3 is 0 Å². The molecule has 1 aromatic heterocycles. The van der Waals surface area contributed by atoms with Gasteiger partial charge in [-0.1, -0.05) is 48.9 Å². The third kappa shape index (κ3) is 2.32. The molecule has 0 fully saturated rings. The number of nitriles is 1. The highest BCUT2D eigenvalue weighted by Gasteiger charge is 2.14. The van der Waals surface area contributed by atoms with Crippen LogP contribution in [0.15, 0.2) is 30.3 Å². The van der Waals surface area contributed by atoms with E-state index in [1.165, 1.54) is 0 Å². The zero-order chi connectivity index (χ0) is 12.3. The van der Waals surface area contributed by atoms with Gasteiger partial charge in [-0.15, -0.1) is 0 Å². The maximum Gasteiger partial charge on any atom is 0.145 e. The van der Waals surface area contributed by atoms with Crippen LogP contribution in [0.25, 0.3) is 0 Å². The Morgan fingerprint density at radius 3 is 2.59 bits per heavy atom. The molecule has 17 heavy (non-hydrogen) atoms. The van der Waals surface area contributed by atoms with E-state index in [1.54, 1.807) is 4.68 Å². The first-order chi connectivity index (χ1) is 8.26. The van der Waals surface area contributed by atoms with Crippen LogP contribution >= 0.6 is 11.6 Å². The lowest BCUT2D eigenvalue weighted by Crippen LogP contribution is -2.02. The van der Waals surface area contributed by atoms with Crippen molar-refractivity contribution in [3.8, 4) is 6.07 Å². The van der Waals surface area contributed by atoms with Crippen LogP contribution in [0.1, 0.15) is 23.7 Å². The lowest BCUT2D eigenvalue weighted by molar-refractivity contribution is 0.674. The summed E-state index contributed by atoms with van der Waals surface area (Å²) < 4.78 is 1.67. The zero-order valence-electron chi connectivity index (χ0n) is 9.52. The SMILES string of the molecule is CCc1nn(Cc2ccccc2)c(Cl)c1C#N. The van der Waals surface area contributed by atoms with Gasteiger partial charge in [0, 0.05) is 0 Å². The summed E-state index contributed by atoms with van der Waals surface area (Å²) in [7, 11) is 0. The van der Waals surface area contributed by atoms with E-state index in [9.17, 15) is 0 Å². The second kappa shape index (κ2) is 5.03. The van der Waals surface area contributed by atoms with Crippen molar-refractivity contribution in [2.45, 2.75) is 19.9 Å². The Morgan fingerprint density at radius 2 is 2.06 bits per heavy atom. The number of hydrogen-bond donors (Lipinski definition) is 0. The molecule has 0 aliphatic carbocycles. The molecule has 0 aliphatic heterocycles. The molecule has 1 heterocycles. The quantitative estimate of drug-likeness (QED) is 0.834. The van der Waals surface area contributed by atoms with E-state index in [2.05, 4.69) is 11.2 Å². The first-order valence-electron chi connectivity index (χ1n) is 5.45. The van der Waals surface area contributed by atoms with Gasteiger partial charge in [-0.05, 0) is 12.0 Å². The van der Waals surface area contributed by atoms with E-state index in [0.29, 0.717) is 23.7 Å². The molecule has 0 aliphatic rings. The van der Waals surface area contributed by atoms with Crippen LogP contribution in [0.5, 0.6) is 0 Å². The first kappa shape index (κ1) is 11.7. The van der Waals surface area contributed by atoms with Crippen molar-refractivity contribution in [1.29, 1.82) is 5.26 Å². The van der Waals surface area contributed by atoms with Gasteiger partial charge in [-0.3, -0.25) is 0 Å². The molecule has 0 bridgehead atoms. The molecule has 0 atom stereocenters. The van der Waals surface area contributed by atoms with E-state index >= 15 is 0 Å². The number of nitrogens with zero attached hydrogens (tertiary/aromatic N) is 3. The van der Waals surface area contributed by atoms with Crippen LogP contribution in [-0.2, 0) is 13.0 Å². The van der Waals surface area contributed by atoms with E-state index in [1.807, 2.05) is 37.3 Å². The van der Waals surface area contributed by atoms with Crippen LogP contribution in [0, 0.1) is 11.3 Å². The van der Waals surface area contributed by atoms with Gasteiger partial charge in [-0.25, -0.2) is 4.68 Å². The smallest absolute Gasteiger partial charge is 0.145 e. The molecule has 0 spiro atoms. The van der Waals surface area contributed by atoms with Crippen LogP contribution in [0.3, 0.4) is 0 Å². The van der Waals surface area contributed by atoms with Gasteiger partial charge in [0.2, 0.25) is 0 Å². The monoisotopic (exact) mass is 245 g/mol. The zero-order valence-corrected chi connectivity index (χ0v) is 10.3. The number of aryl methyl sites for hydroxylation is 1. The fourth-order valence-corrected chi connectivity index (χ4v) is 1.96. The summed E-state index contributed by atoms with van der Waals surface area (Å²) in [4.78, 5) is 0. The minimum absolute atomic E-state index is 0.424. The van der Waals surface area contributed by atoms with Crippen molar-refractivity contribution in [2.75, 3.05) is 0 Å². The lowest BCUT2D eigenvalue weighted by Gasteiger charge is -2.02. The molecule has 1 aromatic carbocycles. The van der Waals surface area contributed by atoms with Crippen molar-refractivity contribution >= 4 is 11.6 Å². The van der Waals surface area contributed by atoms with E-state index in [-0.39, 0.29) is 0 Å². The number of hydrogen-bond acceptors (Lipinski definition) is 2. The Labute approximate surface area is 105 Å². The number of benzene rings is 1. The average molecular weight is 246 g/mol. The number of rotatable bonds is 3. The molecular formula is C13H12ClN3. The van der Waals surface area contributed by atoms with E-state index in [0.717, 1.165) is 11.3 Å². The largest absolute Gasteiger partial charge is 0.248 e. The molecule has 0 saturated heterocycles. The van der Waals surface area contributed by atoms with Crippen LogP contribution in [0.2, 0.25) is 5.15 Å². The third-order valence-electron chi connectivity index (χ3n) is 2.58. The topological polar surface area (TPSA) is 41.6 Å². The molecule has 0 radical (unpaired) electrons. The lowest BCUT2D eigenvalue weighted by atomic mass is 10.2. The van der Waals surface area contributed by atoms with Crippen LogP contribution < -0.4 is 0 Å². The Hall–Kier alpha value is -1.79. The molecule has 0 unspecified atom stereocenters. The van der Waals surface area contributed by atoms with Gasteiger partial charge in [0.25, 0.3) is 0 Å². The minimum Gasteiger partial charge on any atom is -0.248 e. The molecule has 86 valence electrons. The maximum atomic E-state index is 9.02. The minimum atomic E-state index is 0.424. The first-order valence-corrected chi connectivity index (χ1v) is 5.83. The summed E-state index contributed by atoms with van der Waals surface area (Å²) >= 11 is 6.14. The summed E-state index contributed by atoms with van der Waals surface area (Å²) in [5, 5.41) is 13.8. The van der Waals surface area contributed by atoms with Crippen LogP contribution in [0.4, 0.5) is 0 Å². The van der Waals surface area contributed by atoms with E-state index < -0.39 is 0 Å². The Bertz CT molecular complexity index is 552. The molecule has 0 N–H and O–H groups in total. The highest BCUT2D eigenvalue weighted by atomic mass is 35.5. The predicted molar refractivity (Wildman–Crippen MR) is 66.9 cm³/mol. The normalized spacial score (nSPS) is 10.2. The summed E-state index contributed by atoms with van der Waals surface area (Å²) in [6.45, 7) is 2.56. The van der Waals surface area contributed by atoms with Crippen molar-refractivity contribution < 1.29 is 0 Å². The Balaban J connectivity index is 2.35. The molecule has 0 saturated carbocycles. The van der Waals surface area contributed by atoms with Crippen LogP contribution in [-0.4, -0.2) is 9.78 Å². The van der Waals surface area contributed by atoms with Crippen molar-refractivity contribution in [1.82, 2.24) is 9.78 Å². The molecule has 2 aromatic rings. The maximum absolute atomic E-state index is 9.02.